The summed E-state index contributed by atoms with van der Waals surface area (Å²) in [4.78, 5) is 0.145. The molecule has 0 unspecified atom stereocenters. The van der Waals surface area contributed by atoms with E-state index in [1.165, 1.54) is 0 Å². The van der Waals surface area contributed by atoms with E-state index < -0.39 is 9.05 Å². The zero-order chi connectivity index (χ0) is 15.0. The van der Waals surface area contributed by atoms with Gasteiger partial charge in [0.2, 0.25) is 0 Å². The number of hydrogen-bond acceptors (Lipinski definition) is 2. The Morgan fingerprint density at radius 1 is 1.05 bits per heavy atom. The van der Waals surface area contributed by atoms with Crippen LogP contribution in [-0.4, -0.2) is 13.0 Å². The SMILES string of the molecule is O=S(=O)(Cl)c1cn(Cc2ccccc2Br)c2ccccc12. The van der Waals surface area contributed by atoms with Crippen molar-refractivity contribution in [1.82, 2.24) is 4.57 Å². The summed E-state index contributed by atoms with van der Waals surface area (Å²) in [6.45, 7) is 0.564. The van der Waals surface area contributed by atoms with Crippen LogP contribution in [0.15, 0.2) is 64.1 Å². The molecule has 0 aliphatic heterocycles. The summed E-state index contributed by atoms with van der Waals surface area (Å²) < 4.78 is 26.3. The third-order valence-corrected chi connectivity index (χ3v) is 5.44. The summed E-state index contributed by atoms with van der Waals surface area (Å²) in [6, 6.07) is 15.2. The fourth-order valence-electron chi connectivity index (χ4n) is 2.35. The Morgan fingerprint density at radius 3 is 2.43 bits per heavy atom. The fraction of sp³-hybridized carbons (Fsp3) is 0.0667. The van der Waals surface area contributed by atoms with Crippen molar-refractivity contribution in [2.45, 2.75) is 11.4 Å². The molecule has 0 spiro atoms. The number of halogens is 2. The number of nitrogens with zero attached hydrogens (tertiary/aromatic N) is 1. The Morgan fingerprint density at radius 2 is 1.71 bits per heavy atom. The molecule has 3 nitrogen and oxygen atoms in total. The van der Waals surface area contributed by atoms with Crippen molar-refractivity contribution in [3.05, 3.63) is 64.8 Å². The van der Waals surface area contributed by atoms with Gasteiger partial charge in [0.1, 0.15) is 4.90 Å². The first kappa shape index (κ1) is 14.6. The van der Waals surface area contributed by atoms with Gasteiger partial charge in [0.15, 0.2) is 0 Å². The van der Waals surface area contributed by atoms with Crippen molar-refractivity contribution >= 4 is 46.6 Å². The molecule has 0 saturated heterocycles. The van der Waals surface area contributed by atoms with Crippen molar-refractivity contribution in [3.63, 3.8) is 0 Å². The number of rotatable bonds is 3. The lowest BCUT2D eigenvalue weighted by Crippen LogP contribution is -1.98. The van der Waals surface area contributed by atoms with Crippen molar-refractivity contribution in [2.75, 3.05) is 0 Å². The number of fused-ring (bicyclic) bond motifs is 1. The van der Waals surface area contributed by atoms with E-state index in [9.17, 15) is 8.42 Å². The van der Waals surface area contributed by atoms with Crippen LogP contribution < -0.4 is 0 Å². The Bertz CT molecular complexity index is 918. The van der Waals surface area contributed by atoms with Gasteiger partial charge in [-0.2, -0.15) is 0 Å². The lowest BCUT2D eigenvalue weighted by molar-refractivity contribution is 0.610. The highest BCUT2D eigenvalue weighted by Gasteiger charge is 2.18. The summed E-state index contributed by atoms with van der Waals surface area (Å²) in [7, 11) is 1.76. The van der Waals surface area contributed by atoms with E-state index in [-0.39, 0.29) is 4.90 Å². The maximum absolute atomic E-state index is 11.7. The highest BCUT2D eigenvalue weighted by Crippen LogP contribution is 2.29. The van der Waals surface area contributed by atoms with E-state index in [1.807, 2.05) is 41.0 Å². The second-order valence-electron chi connectivity index (χ2n) is 4.67. The average Bonchev–Trinajstić information content (AvgIpc) is 2.81. The molecule has 1 aromatic heterocycles. The predicted octanol–water partition coefficient (Wildman–Crippen LogP) is 4.38. The minimum absolute atomic E-state index is 0.145. The van der Waals surface area contributed by atoms with Gasteiger partial charge in [-0.25, -0.2) is 8.42 Å². The molecule has 1 heterocycles. The van der Waals surface area contributed by atoms with E-state index >= 15 is 0 Å². The maximum Gasteiger partial charge on any atom is 0.263 e. The predicted molar refractivity (Wildman–Crippen MR) is 88.2 cm³/mol. The molecule has 0 amide bonds. The van der Waals surface area contributed by atoms with Gasteiger partial charge in [-0.3, -0.25) is 0 Å². The minimum Gasteiger partial charge on any atom is -0.342 e. The van der Waals surface area contributed by atoms with E-state index in [2.05, 4.69) is 15.9 Å². The van der Waals surface area contributed by atoms with Gasteiger partial charge in [-0.15, -0.1) is 0 Å². The second kappa shape index (κ2) is 5.48. The Labute approximate surface area is 135 Å². The van der Waals surface area contributed by atoms with Gasteiger partial charge in [-0.1, -0.05) is 52.3 Å². The lowest BCUT2D eigenvalue weighted by Gasteiger charge is -2.07. The molecule has 0 fully saturated rings. The van der Waals surface area contributed by atoms with Crippen LogP contribution in [-0.2, 0) is 15.6 Å². The van der Waals surface area contributed by atoms with Gasteiger partial charge < -0.3 is 4.57 Å². The van der Waals surface area contributed by atoms with Gasteiger partial charge in [0.05, 0.1) is 0 Å². The number of aromatic nitrogens is 1. The quantitative estimate of drug-likeness (QED) is 0.629. The third kappa shape index (κ3) is 2.86. The smallest absolute Gasteiger partial charge is 0.263 e. The van der Waals surface area contributed by atoms with Crippen LogP contribution in [0, 0.1) is 0 Å². The normalized spacial score (nSPS) is 11.9. The van der Waals surface area contributed by atoms with Crippen LogP contribution in [0.3, 0.4) is 0 Å². The molecule has 0 N–H and O–H groups in total. The molecule has 0 aliphatic rings. The first-order valence-corrected chi connectivity index (χ1v) is 9.33. The van der Waals surface area contributed by atoms with Gasteiger partial charge in [0, 0.05) is 38.8 Å². The minimum atomic E-state index is -3.77. The second-order valence-corrected chi connectivity index (χ2v) is 8.06. The summed E-state index contributed by atoms with van der Waals surface area (Å²) in [5.41, 5.74) is 1.91. The Balaban J connectivity index is 2.18. The number of para-hydroxylation sites is 1. The molecule has 21 heavy (non-hydrogen) atoms. The van der Waals surface area contributed by atoms with Crippen molar-refractivity contribution in [1.29, 1.82) is 0 Å². The molecule has 0 saturated carbocycles. The molecular formula is C15H11BrClNO2S. The molecule has 0 aliphatic carbocycles. The summed E-state index contributed by atoms with van der Waals surface area (Å²) in [5.74, 6) is 0. The van der Waals surface area contributed by atoms with Crippen LogP contribution in [0.4, 0.5) is 0 Å². The van der Waals surface area contributed by atoms with Crippen molar-refractivity contribution < 1.29 is 8.42 Å². The topological polar surface area (TPSA) is 39.1 Å². The monoisotopic (exact) mass is 383 g/mol. The molecule has 3 aromatic rings. The molecular weight excluding hydrogens is 374 g/mol. The molecule has 0 radical (unpaired) electrons. The summed E-state index contributed by atoms with van der Waals surface area (Å²) >= 11 is 3.51. The summed E-state index contributed by atoms with van der Waals surface area (Å²) in [5, 5.41) is 0.638. The van der Waals surface area contributed by atoms with E-state index in [0.717, 1.165) is 15.6 Å². The van der Waals surface area contributed by atoms with Crippen molar-refractivity contribution in [3.8, 4) is 0 Å². The highest BCUT2D eigenvalue weighted by molar-refractivity contribution is 9.10. The van der Waals surface area contributed by atoms with Crippen LogP contribution in [0.1, 0.15) is 5.56 Å². The summed E-state index contributed by atoms with van der Waals surface area (Å²) in [6.07, 6.45) is 1.59. The molecule has 6 heteroatoms. The van der Waals surface area contributed by atoms with Crippen LogP contribution in [0.5, 0.6) is 0 Å². The fourth-order valence-corrected chi connectivity index (χ4v) is 3.82. The standard InChI is InChI=1S/C15H11BrClNO2S/c16-13-7-3-1-5-11(13)9-18-10-15(21(17,19)20)12-6-2-4-8-14(12)18/h1-8,10H,9H2. The van der Waals surface area contributed by atoms with E-state index in [1.54, 1.807) is 18.3 Å². The molecule has 0 atom stereocenters. The molecule has 2 aromatic carbocycles. The van der Waals surface area contributed by atoms with E-state index in [0.29, 0.717) is 11.9 Å². The van der Waals surface area contributed by atoms with Crippen LogP contribution in [0.25, 0.3) is 10.9 Å². The first-order valence-electron chi connectivity index (χ1n) is 6.23. The highest BCUT2D eigenvalue weighted by atomic mass is 79.9. The lowest BCUT2D eigenvalue weighted by atomic mass is 10.2. The average molecular weight is 385 g/mol. The Hall–Kier alpha value is -1.30. The van der Waals surface area contributed by atoms with Crippen molar-refractivity contribution in [2.24, 2.45) is 0 Å². The zero-order valence-corrected chi connectivity index (χ0v) is 14.0. The van der Waals surface area contributed by atoms with Gasteiger partial charge in [0.25, 0.3) is 9.05 Å². The maximum atomic E-state index is 11.7. The number of benzene rings is 2. The Kier molecular flexibility index (Phi) is 3.82. The molecule has 3 rings (SSSR count). The zero-order valence-electron chi connectivity index (χ0n) is 10.8. The number of hydrogen-bond donors (Lipinski definition) is 0. The van der Waals surface area contributed by atoms with Gasteiger partial charge in [-0.05, 0) is 17.7 Å². The molecule has 108 valence electrons. The largest absolute Gasteiger partial charge is 0.342 e. The van der Waals surface area contributed by atoms with E-state index in [4.69, 9.17) is 10.7 Å². The van der Waals surface area contributed by atoms with Gasteiger partial charge >= 0.3 is 0 Å². The molecule has 0 bridgehead atoms. The van der Waals surface area contributed by atoms with Crippen LogP contribution in [0.2, 0.25) is 0 Å². The van der Waals surface area contributed by atoms with Crippen LogP contribution >= 0.6 is 26.6 Å². The first-order chi connectivity index (χ1) is 9.97. The third-order valence-electron chi connectivity index (χ3n) is 3.31.